The first-order valence-electron chi connectivity index (χ1n) is 5.63. The summed E-state index contributed by atoms with van der Waals surface area (Å²) in [5.41, 5.74) is 1.14. The number of hydrogen-bond acceptors (Lipinski definition) is 4. The Morgan fingerprint density at radius 2 is 2.42 bits per heavy atom. The zero-order valence-corrected chi connectivity index (χ0v) is 11.0. The van der Waals surface area contributed by atoms with Gasteiger partial charge < -0.3 is 10.1 Å². The molecule has 6 nitrogen and oxygen atoms in total. The highest BCUT2D eigenvalue weighted by Crippen LogP contribution is 2.19. The van der Waals surface area contributed by atoms with Gasteiger partial charge in [0.15, 0.2) is 5.69 Å². The fraction of sp³-hybridized carbons (Fsp3) is 0.250. The second-order valence-corrected chi connectivity index (χ2v) is 4.28. The number of hydrogen-bond donors (Lipinski definition) is 2. The molecule has 100 valence electrons. The molecule has 0 bridgehead atoms. The predicted octanol–water partition coefficient (Wildman–Crippen LogP) is 1.58. The molecule has 1 atom stereocenters. The van der Waals surface area contributed by atoms with Crippen LogP contribution in [0.25, 0.3) is 0 Å². The van der Waals surface area contributed by atoms with Gasteiger partial charge in [-0.15, -0.1) is 0 Å². The third kappa shape index (κ3) is 3.52. The van der Waals surface area contributed by atoms with E-state index in [1.165, 1.54) is 6.20 Å². The molecular weight excluding hydrogens is 268 g/mol. The molecule has 19 heavy (non-hydrogen) atoms. The number of methoxy groups -OCH3 is 1. The van der Waals surface area contributed by atoms with Gasteiger partial charge in [0.25, 0.3) is 5.91 Å². The van der Waals surface area contributed by atoms with Gasteiger partial charge in [0.2, 0.25) is 0 Å². The fourth-order valence-electron chi connectivity index (χ4n) is 1.63. The molecule has 0 spiro atoms. The number of amides is 1. The Balaban J connectivity index is 1.98. The van der Waals surface area contributed by atoms with Crippen LogP contribution in [0, 0.1) is 0 Å². The monoisotopic (exact) mass is 280 g/mol. The van der Waals surface area contributed by atoms with E-state index in [0.29, 0.717) is 11.6 Å². The van der Waals surface area contributed by atoms with E-state index >= 15 is 0 Å². The molecule has 0 unspecified atom stereocenters. The van der Waals surface area contributed by atoms with Gasteiger partial charge in [-0.05, 0) is 17.7 Å². The Morgan fingerprint density at radius 3 is 3.05 bits per heavy atom. The Morgan fingerprint density at radius 1 is 1.58 bits per heavy atom. The van der Waals surface area contributed by atoms with Crippen molar-refractivity contribution in [1.29, 1.82) is 0 Å². The summed E-state index contributed by atoms with van der Waals surface area (Å²) in [5, 5.41) is 13.0. The molecule has 0 radical (unpaired) electrons. The molecule has 2 aromatic rings. The third-order valence-electron chi connectivity index (χ3n) is 2.60. The maximum atomic E-state index is 11.7. The zero-order chi connectivity index (χ0) is 13.7. The number of rotatable bonds is 5. The first kappa shape index (κ1) is 13.5. The molecule has 7 heteroatoms. The number of carbonyl (C=O) groups excluding carboxylic acids is 1. The van der Waals surface area contributed by atoms with Gasteiger partial charge >= 0.3 is 0 Å². The quantitative estimate of drug-likeness (QED) is 0.871. The summed E-state index contributed by atoms with van der Waals surface area (Å²) in [5.74, 6) is -0.308. The number of benzene rings is 1. The van der Waals surface area contributed by atoms with Crippen molar-refractivity contribution in [2.45, 2.75) is 6.10 Å². The van der Waals surface area contributed by atoms with Crippen molar-refractivity contribution in [3.05, 3.63) is 46.7 Å². The van der Waals surface area contributed by atoms with Crippen LogP contribution in [0.2, 0.25) is 5.02 Å². The lowest BCUT2D eigenvalue weighted by Crippen LogP contribution is -2.29. The molecule has 0 aliphatic carbocycles. The van der Waals surface area contributed by atoms with Crippen molar-refractivity contribution < 1.29 is 9.53 Å². The second-order valence-electron chi connectivity index (χ2n) is 3.84. The van der Waals surface area contributed by atoms with Gasteiger partial charge in [0, 0.05) is 18.7 Å². The van der Waals surface area contributed by atoms with Crippen LogP contribution in [0.15, 0.2) is 30.5 Å². The summed E-state index contributed by atoms with van der Waals surface area (Å²) >= 11 is 5.92. The van der Waals surface area contributed by atoms with E-state index in [-0.39, 0.29) is 17.7 Å². The van der Waals surface area contributed by atoms with Gasteiger partial charge in [-0.25, -0.2) is 0 Å². The summed E-state index contributed by atoms with van der Waals surface area (Å²) < 4.78 is 5.34. The molecule has 0 saturated carbocycles. The van der Waals surface area contributed by atoms with Crippen LogP contribution in [0.4, 0.5) is 0 Å². The zero-order valence-electron chi connectivity index (χ0n) is 10.3. The van der Waals surface area contributed by atoms with Gasteiger partial charge in [-0.3, -0.25) is 4.79 Å². The van der Waals surface area contributed by atoms with Crippen LogP contribution < -0.4 is 5.32 Å². The molecule has 1 aromatic carbocycles. The van der Waals surface area contributed by atoms with Gasteiger partial charge in [-0.1, -0.05) is 23.7 Å². The first-order chi connectivity index (χ1) is 9.20. The topological polar surface area (TPSA) is 79.9 Å². The van der Waals surface area contributed by atoms with Crippen molar-refractivity contribution in [2.24, 2.45) is 0 Å². The molecule has 1 amide bonds. The minimum absolute atomic E-state index is 0.237. The highest BCUT2D eigenvalue weighted by molar-refractivity contribution is 6.30. The largest absolute Gasteiger partial charge is 0.375 e. The lowest BCUT2D eigenvalue weighted by molar-refractivity contribution is 0.0824. The van der Waals surface area contributed by atoms with E-state index in [1.54, 1.807) is 19.2 Å². The summed E-state index contributed by atoms with van der Waals surface area (Å²) in [4.78, 5) is 11.7. The molecule has 0 aliphatic rings. The highest BCUT2D eigenvalue weighted by atomic mass is 35.5. The van der Waals surface area contributed by atoms with Crippen molar-refractivity contribution in [2.75, 3.05) is 13.7 Å². The van der Waals surface area contributed by atoms with Crippen LogP contribution in [-0.2, 0) is 4.74 Å². The van der Waals surface area contributed by atoms with E-state index in [4.69, 9.17) is 16.3 Å². The molecule has 2 N–H and O–H groups in total. The molecule has 1 heterocycles. The van der Waals surface area contributed by atoms with E-state index in [0.717, 1.165) is 5.56 Å². The Bertz CT molecular complexity index is 544. The van der Waals surface area contributed by atoms with Crippen molar-refractivity contribution in [3.63, 3.8) is 0 Å². The molecular formula is C12H13ClN4O2. The summed E-state index contributed by atoms with van der Waals surface area (Å²) in [6.07, 6.45) is 1.09. The summed E-state index contributed by atoms with van der Waals surface area (Å²) in [6.45, 7) is 0.322. The van der Waals surface area contributed by atoms with E-state index in [2.05, 4.69) is 20.7 Å². The van der Waals surface area contributed by atoms with E-state index in [1.807, 2.05) is 12.1 Å². The lowest BCUT2D eigenvalue weighted by Gasteiger charge is -2.16. The van der Waals surface area contributed by atoms with Crippen LogP contribution in [0.3, 0.4) is 0 Å². The van der Waals surface area contributed by atoms with Crippen LogP contribution in [-0.4, -0.2) is 35.0 Å². The fourth-order valence-corrected chi connectivity index (χ4v) is 1.83. The number of aromatic nitrogens is 3. The van der Waals surface area contributed by atoms with Crippen molar-refractivity contribution >= 4 is 17.5 Å². The Hall–Kier alpha value is -1.92. The van der Waals surface area contributed by atoms with Crippen molar-refractivity contribution in [3.8, 4) is 0 Å². The average molecular weight is 281 g/mol. The molecule has 1 aromatic heterocycles. The second kappa shape index (κ2) is 6.31. The normalized spacial score (nSPS) is 12.1. The number of ether oxygens (including phenoxy) is 1. The number of carbonyl (C=O) groups is 1. The summed E-state index contributed by atoms with van der Waals surface area (Å²) in [7, 11) is 1.58. The van der Waals surface area contributed by atoms with Gasteiger partial charge in [0.05, 0.1) is 12.3 Å². The minimum Gasteiger partial charge on any atom is -0.375 e. The third-order valence-corrected chi connectivity index (χ3v) is 2.84. The van der Waals surface area contributed by atoms with Crippen LogP contribution in [0.5, 0.6) is 0 Å². The molecule has 0 saturated heterocycles. The number of halogens is 1. The molecule has 0 fully saturated rings. The summed E-state index contributed by atoms with van der Waals surface area (Å²) in [6, 6.07) is 7.31. The minimum atomic E-state index is -0.308. The standard InChI is InChI=1S/C12H13ClN4O2/c1-19-11(8-3-2-4-9(13)5-8)7-14-12(18)10-6-15-17-16-10/h2-6,11H,7H2,1H3,(H,14,18)(H,15,16,17)/t11-/m1/s1. The average Bonchev–Trinajstić information content (AvgIpc) is 2.93. The maximum absolute atomic E-state index is 11.7. The molecule has 2 rings (SSSR count). The van der Waals surface area contributed by atoms with E-state index < -0.39 is 0 Å². The van der Waals surface area contributed by atoms with Crippen LogP contribution in [0.1, 0.15) is 22.2 Å². The number of H-pyrrole nitrogens is 1. The smallest absolute Gasteiger partial charge is 0.273 e. The number of nitrogens with zero attached hydrogens (tertiary/aromatic N) is 2. The number of aromatic amines is 1. The SMILES string of the molecule is CO[C@H](CNC(=O)c1cn[nH]n1)c1cccc(Cl)c1. The van der Waals surface area contributed by atoms with Crippen molar-refractivity contribution in [1.82, 2.24) is 20.7 Å². The Labute approximate surface area is 115 Å². The maximum Gasteiger partial charge on any atom is 0.273 e. The lowest BCUT2D eigenvalue weighted by atomic mass is 10.1. The van der Waals surface area contributed by atoms with Gasteiger partial charge in [-0.2, -0.15) is 15.4 Å². The highest BCUT2D eigenvalue weighted by Gasteiger charge is 2.14. The first-order valence-corrected chi connectivity index (χ1v) is 6.00. The van der Waals surface area contributed by atoms with Gasteiger partial charge in [0.1, 0.15) is 0 Å². The Kier molecular flexibility index (Phi) is 4.48. The van der Waals surface area contributed by atoms with E-state index in [9.17, 15) is 4.79 Å². The number of nitrogens with one attached hydrogen (secondary N) is 2. The molecule has 0 aliphatic heterocycles. The van der Waals surface area contributed by atoms with Crippen LogP contribution >= 0.6 is 11.6 Å². The predicted molar refractivity (Wildman–Crippen MR) is 69.9 cm³/mol.